The molecular formula is C8H9N3O2. The second-order valence-corrected chi connectivity index (χ2v) is 2.39. The van der Waals surface area contributed by atoms with Crippen LogP contribution in [-0.4, -0.2) is 12.1 Å². The summed E-state index contributed by atoms with van der Waals surface area (Å²) >= 11 is 0. The van der Waals surface area contributed by atoms with Gasteiger partial charge in [-0.25, -0.2) is 4.98 Å². The van der Waals surface area contributed by atoms with E-state index in [9.17, 15) is 0 Å². The molecule has 0 atom stereocenters. The number of nitrogens with one attached hydrogen (secondary N) is 1. The smallest absolute Gasteiger partial charge is 0.215 e. The second-order valence-electron chi connectivity index (χ2n) is 2.39. The molecule has 5 heteroatoms. The number of pyridine rings is 1. The molecule has 0 radical (unpaired) electrons. The molecule has 2 rings (SSSR count). The Labute approximate surface area is 75.5 Å². The Morgan fingerprint density at radius 1 is 1.62 bits per heavy atom. The summed E-state index contributed by atoms with van der Waals surface area (Å²) in [6.07, 6.45) is 4.89. The van der Waals surface area contributed by atoms with Crippen molar-refractivity contribution in [2.75, 3.05) is 12.3 Å². The van der Waals surface area contributed by atoms with E-state index in [1.165, 1.54) is 5.17 Å². The number of hydrazine groups is 1. The predicted octanol–water partition coefficient (Wildman–Crippen LogP) is 0.818. The second kappa shape index (κ2) is 3.22. The average Bonchev–Trinajstić information content (AvgIpc) is 2.71. The number of methoxy groups -OCH3 is 1. The Balaban J connectivity index is 2.19. The molecule has 1 aromatic rings. The van der Waals surface area contributed by atoms with Crippen LogP contribution in [0, 0.1) is 0 Å². The van der Waals surface area contributed by atoms with Crippen molar-refractivity contribution in [3.05, 3.63) is 30.8 Å². The summed E-state index contributed by atoms with van der Waals surface area (Å²) in [4.78, 5) is 9.07. The molecule has 0 saturated heterocycles. The van der Waals surface area contributed by atoms with Crippen LogP contribution in [0.4, 0.5) is 5.69 Å². The number of hydrogen-bond donors (Lipinski definition) is 1. The lowest BCUT2D eigenvalue weighted by Crippen LogP contribution is -2.27. The van der Waals surface area contributed by atoms with Crippen molar-refractivity contribution in [2.24, 2.45) is 0 Å². The minimum atomic E-state index is 0.551. The minimum Gasteiger partial charge on any atom is -0.481 e. The highest BCUT2D eigenvalue weighted by Gasteiger charge is 2.09. The van der Waals surface area contributed by atoms with E-state index in [2.05, 4.69) is 10.4 Å². The van der Waals surface area contributed by atoms with Gasteiger partial charge in [-0.3, -0.25) is 5.43 Å². The van der Waals surface area contributed by atoms with Crippen molar-refractivity contribution in [3.63, 3.8) is 0 Å². The first-order valence-electron chi connectivity index (χ1n) is 3.78. The van der Waals surface area contributed by atoms with Crippen LogP contribution in [-0.2, 0) is 4.84 Å². The van der Waals surface area contributed by atoms with Gasteiger partial charge in [-0.1, -0.05) is 0 Å². The monoisotopic (exact) mass is 179 g/mol. The molecule has 1 aromatic heterocycles. The summed E-state index contributed by atoms with van der Waals surface area (Å²) in [5.74, 6) is 0.551. The van der Waals surface area contributed by atoms with Crippen LogP contribution in [0.1, 0.15) is 0 Å². The largest absolute Gasteiger partial charge is 0.481 e. The summed E-state index contributed by atoms with van der Waals surface area (Å²) < 4.78 is 4.97. The summed E-state index contributed by atoms with van der Waals surface area (Å²) in [5.41, 5.74) is 3.70. The maximum absolute atomic E-state index is 5.10. The van der Waals surface area contributed by atoms with Gasteiger partial charge in [0.25, 0.3) is 0 Å². The van der Waals surface area contributed by atoms with Gasteiger partial charge in [0.15, 0.2) is 0 Å². The molecule has 2 heterocycles. The van der Waals surface area contributed by atoms with Gasteiger partial charge in [0.2, 0.25) is 5.88 Å². The molecular weight excluding hydrogens is 170 g/mol. The summed E-state index contributed by atoms with van der Waals surface area (Å²) in [6, 6.07) is 3.57. The molecule has 1 aliphatic heterocycles. The highest BCUT2D eigenvalue weighted by atomic mass is 16.7. The zero-order valence-corrected chi connectivity index (χ0v) is 7.10. The Morgan fingerprint density at radius 2 is 2.54 bits per heavy atom. The fourth-order valence-electron chi connectivity index (χ4n) is 0.992. The van der Waals surface area contributed by atoms with E-state index in [-0.39, 0.29) is 0 Å². The Bertz CT molecular complexity index is 319. The average molecular weight is 179 g/mol. The quantitative estimate of drug-likeness (QED) is 0.728. The molecule has 5 nitrogen and oxygen atoms in total. The number of nitrogens with zero attached hydrogens (tertiary/aromatic N) is 2. The van der Waals surface area contributed by atoms with Gasteiger partial charge in [0.05, 0.1) is 13.3 Å². The van der Waals surface area contributed by atoms with Crippen molar-refractivity contribution >= 4 is 5.69 Å². The van der Waals surface area contributed by atoms with E-state index < -0.39 is 0 Å². The molecule has 0 aromatic carbocycles. The highest BCUT2D eigenvalue weighted by Crippen LogP contribution is 2.18. The molecule has 1 aliphatic rings. The van der Waals surface area contributed by atoms with Gasteiger partial charge in [0.1, 0.15) is 11.9 Å². The van der Waals surface area contributed by atoms with Crippen LogP contribution in [0.15, 0.2) is 30.8 Å². The first kappa shape index (κ1) is 7.72. The van der Waals surface area contributed by atoms with Crippen LogP contribution in [0.25, 0.3) is 0 Å². The van der Waals surface area contributed by atoms with Gasteiger partial charge >= 0.3 is 0 Å². The van der Waals surface area contributed by atoms with E-state index in [1.807, 2.05) is 6.07 Å². The third kappa shape index (κ3) is 1.48. The van der Waals surface area contributed by atoms with E-state index in [4.69, 9.17) is 9.57 Å². The normalized spacial score (nSPS) is 13.8. The van der Waals surface area contributed by atoms with Crippen LogP contribution in [0.5, 0.6) is 5.88 Å². The molecule has 0 spiro atoms. The van der Waals surface area contributed by atoms with Gasteiger partial charge in [-0.15, -0.1) is 5.17 Å². The third-order valence-corrected chi connectivity index (χ3v) is 1.59. The number of anilines is 1. The van der Waals surface area contributed by atoms with E-state index in [0.717, 1.165) is 5.69 Å². The SMILES string of the molecule is COc1cc(N2NC=CO2)ccn1. The number of hydrogen-bond acceptors (Lipinski definition) is 5. The van der Waals surface area contributed by atoms with Crippen LogP contribution >= 0.6 is 0 Å². The zero-order chi connectivity index (χ0) is 9.10. The summed E-state index contributed by atoms with van der Waals surface area (Å²) in [6.45, 7) is 0. The molecule has 0 unspecified atom stereocenters. The van der Waals surface area contributed by atoms with Crippen molar-refractivity contribution in [2.45, 2.75) is 0 Å². The molecule has 0 amide bonds. The van der Waals surface area contributed by atoms with Crippen molar-refractivity contribution in [1.29, 1.82) is 0 Å². The van der Waals surface area contributed by atoms with Gasteiger partial charge in [-0.2, -0.15) is 0 Å². The highest BCUT2D eigenvalue weighted by molar-refractivity contribution is 5.45. The molecule has 0 fully saturated rings. The zero-order valence-electron chi connectivity index (χ0n) is 7.10. The molecule has 0 aliphatic carbocycles. The van der Waals surface area contributed by atoms with E-state index >= 15 is 0 Å². The first-order chi connectivity index (χ1) is 6.40. The Morgan fingerprint density at radius 3 is 3.23 bits per heavy atom. The molecule has 13 heavy (non-hydrogen) atoms. The Hall–Kier alpha value is -1.91. The molecule has 0 bridgehead atoms. The lowest BCUT2D eigenvalue weighted by atomic mass is 10.4. The van der Waals surface area contributed by atoms with Crippen molar-refractivity contribution in [1.82, 2.24) is 10.4 Å². The fraction of sp³-hybridized carbons (Fsp3) is 0.125. The van der Waals surface area contributed by atoms with Crippen molar-refractivity contribution in [3.8, 4) is 5.88 Å². The lowest BCUT2D eigenvalue weighted by molar-refractivity contribution is 0.221. The Kier molecular flexibility index (Phi) is 1.91. The number of aromatic nitrogens is 1. The molecule has 1 N–H and O–H groups in total. The molecule has 68 valence electrons. The number of ether oxygens (including phenoxy) is 1. The summed E-state index contributed by atoms with van der Waals surface area (Å²) in [7, 11) is 1.57. The molecule has 0 saturated carbocycles. The summed E-state index contributed by atoms with van der Waals surface area (Å²) in [5, 5.41) is 1.50. The van der Waals surface area contributed by atoms with Crippen LogP contribution < -0.4 is 15.3 Å². The standard InChI is InChI=1S/C8H9N3O2/c1-12-8-6-7(2-3-9-8)11-10-4-5-13-11/h2-6,10H,1H3. The van der Waals surface area contributed by atoms with Gasteiger partial charge < -0.3 is 9.57 Å². The maximum atomic E-state index is 5.10. The van der Waals surface area contributed by atoms with Crippen LogP contribution in [0.3, 0.4) is 0 Å². The van der Waals surface area contributed by atoms with Crippen molar-refractivity contribution < 1.29 is 9.57 Å². The topological polar surface area (TPSA) is 46.6 Å². The predicted molar refractivity (Wildman–Crippen MR) is 46.6 cm³/mol. The van der Waals surface area contributed by atoms with Gasteiger partial charge in [-0.05, 0) is 6.07 Å². The third-order valence-electron chi connectivity index (χ3n) is 1.59. The van der Waals surface area contributed by atoms with Crippen LogP contribution in [0.2, 0.25) is 0 Å². The maximum Gasteiger partial charge on any atom is 0.215 e. The number of rotatable bonds is 2. The first-order valence-corrected chi connectivity index (χ1v) is 3.78. The fourth-order valence-corrected chi connectivity index (χ4v) is 0.992. The van der Waals surface area contributed by atoms with E-state index in [1.54, 1.807) is 31.8 Å². The van der Waals surface area contributed by atoms with Gasteiger partial charge in [0, 0.05) is 12.3 Å². The van der Waals surface area contributed by atoms with E-state index in [0.29, 0.717) is 5.88 Å². The lowest BCUT2D eigenvalue weighted by Gasteiger charge is -2.16. The minimum absolute atomic E-state index is 0.551.